The predicted molar refractivity (Wildman–Crippen MR) is 89.9 cm³/mol. The lowest BCUT2D eigenvalue weighted by atomic mass is 9.95. The lowest BCUT2D eigenvalue weighted by Gasteiger charge is -2.10. The van der Waals surface area contributed by atoms with E-state index in [9.17, 15) is 0 Å². The molecule has 2 N–H and O–H groups in total. The SMILES string of the molecule is CN(C)Cc1ccc2[nH]c(-c3n[nH]c4c3CCCC4)cc2c1. The van der Waals surface area contributed by atoms with E-state index in [1.165, 1.54) is 40.6 Å². The maximum Gasteiger partial charge on any atom is 0.112 e. The fraction of sp³-hybridized carbons (Fsp3) is 0.389. The van der Waals surface area contributed by atoms with Crippen LogP contribution < -0.4 is 0 Å². The summed E-state index contributed by atoms with van der Waals surface area (Å²) in [5, 5.41) is 9.07. The molecule has 0 atom stereocenters. The van der Waals surface area contributed by atoms with Gasteiger partial charge in [-0.25, -0.2) is 0 Å². The number of hydrogen-bond donors (Lipinski definition) is 2. The van der Waals surface area contributed by atoms with Crippen LogP contribution in [-0.4, -0.2) is 34.2 Å². The highest BCUT2D eigenvalue weighted by atomic mass is 15.1. The van der Waals surface area contributed by atoms with E-state index in [0.717, 1.165) is 30.8 Å². The summed E-state index contributed by atoms with van der Waals surface area (Å²) < 4.78 is 0. The molecule has 3 aromatic rings. The molecule has 0 aliphatic heterocycles. The van der Waals surface area contributed by atoms with Crippen molar-refractivity contribution in [1.29, 1.82) is 0 Å². The second-order valence-corrected chi connectivity index (χ2v) is 6.58. The van der Waals surface area contributed by atoms with Gasteiger partial charge in [-0.05, 0) is 63.5 Å². The molecule has 0 spiro atoms. The summed E-state index contributed by atoms with van der Waals surface area (Å²) in [7, 11) is 4.20. The smallest absolute Gasteiger partial charge is 0.112 e. The van der Waals surface area contributed by atoms with Crippen molar-refractivity contribution >= 4 is 10.9 Å². The quantitative estimate of drug-likeness (QED) is 0.776. The minimum absolute atomic E-state index is 0.967. The van der Waals surface area contributed by atoms with Crippen LogP contribution in [0.2, 0.25) is 0 Å². The number of benzene rings is 1. The average molecular weight is 294 g/mol. The maximum absolute atomic E-state index is 4.57. The number of H-pyrrole nitrogens is 2. The van der Waals surface area contributed by atoms with E-state index >= 15 is 0 Å². The third-order valence-corrected chi connectivity index (χ3v) is 4.50. The summed E-state index contributed by atoms with van der Waals surface area (Å²) in [6, 6.07) is 8.88. The Hall–Kier alpha value is -2.07. The van der Waals surface area contributed by atoms with E-state index in [1.807, 2.05) is 0 Å². The Labute approximate surface area is 130 Å². The molecule has 0 amide bonds. The van der Waals surface area contributed by atoms with Crippen LogP contribution >= 0.6 is 0 Å². The van der Waals surface area contributed by atoms with Crippen LogP contribution in [0.1, 0.15) is 29.7 Å². The van der Waals surface area contributed by atoms with Crippen molar-refractivity contribution in [3.05, 3.63) is 41.1 Å². The zero-order chi connectivity index (χ0) is 15.1. The van der Waals surface area contributed by atoms with E-state index in [-0.39, 0.29) is 0 Å². The number of nitrogens with one attached hydrogen (secondary N) is 2. The molecule has 4 heteroatoms. The van der Waals surface area contributed by atoms with Crippen molar-refractivity contribution in [3.8, 4) is 11.4 Å². The molecule has 0 unspecified atom stereocenters. The normalized spacial score (nSPS) is 14.7. The van der Waals surface area contributed by atoms with Gasteiger partial charge in [-0.3, -0.25) is 5.10 Å². The largest absolute Gasteiger partial charge is 0.353 e. The molecule has 4 rings (SSSR count). The number of rotatable bonds is 3. The summed E-state index contributed by atoms with van der Waals surface area (Å²) in [4.78, 5) is 5.73. The molecule has 2 heterocycles. The lowest BCUT2D eigenvalue weighted by molar-refractivity contribution is 0.403. The molecule has 114 valence electrons. The first-order valence-corrected chi connectivity index (χ1v) is 8.03. The maximum atomic E-state index is 4.57. The Bertz CT molecular complexity index is 810. The van der Waals surface area contributed by atoms with Gasteiger partial charge in [0, 0.05) is 28.7 Å². The van der Waals surface area contributed by atoms with Crippen LogP contribution in [-0.2, 0) is 19.4 Å². The molecule has 4 nitrogen and oxygen atoms in total. The molecule has 1 aliphatic carbocycles. The third kappa shape index (κ3) is 2.33. The Morgan fingerprint density at radius 3 is 2.86 bits per heavy atom. The Kier molecular flexibility index (Phi) is 3.26. The van der Waals surface area contributed by atoms with Crippen molar-refractivity contribution < 1.29 is 0 Å². The molecule has 0 bridgehead atoms. The highest BCUT2D eigenvalue weighted by molar-refractivity contribution is 5.86. The van der Waals surface area contributed by atoms with Crippen LogP contribution in [0.15, 0.2) is 24.3 Å². The molecule has 0 radical (unpaired) electrons. The van der Waals surface area contributed by atoms with Gasteiger partial charge < -0.3 is 9.88 Å². The summed E-state index contributed by atoms with van der Waals surface area (Å²) in [5.41, 5.74) is 7.51. The van der Waals surface area contributed by atoms with Gasteiger partial charge in [0.05, 0.1) is 5.69 Å². The van der Waals surface area contributed by atoms with Crippen molar-refractivity contribution in [2.24, 2.45) is 0 Å². The number of fused-ring (bicyclic) bond motifs is 2. The van der Waals surface area contributed by atoms with Crippen LogP contribution in [0.5, 0.6) is 0 Å². The Balaban J connectivity index is 1.75. The van der Waals surface area contributed by atoms with Gasteiger partial charge in [0.15, 0.2) is 0 Å². The van der Waals surface area contributed by atoms with Crippen molar-refractivity contribution in [3.63, 3.8) is 0 Å². The third-order valence-electron chi connectivity index (χ3n) is 4.50. The standard InChI is InChI=1S/C18H22N4/c1-22(2)11-12-7-8-15-13(9-12)10-17(19-15)18-14-5-3-4-6-16(14)20-21-18/h7-10,19H,3-6,11H2,1-2H3,(H,20,21). The molecule has 1 aromatic carbocycles. The Morgan fingerprint density at radius 2 is 2.00 bits per heavy atom. The molecule has 1 aliphatic rings. The minimum Gasteiger partial charge on any atom is -0.353 e. The number of aryl methyl sites for hydroxylation is 1. The van der Waals surface area contributed by atoms with E-state index in [2.05, 4.69) is 58.4 Å². The van der Waals surface area contributed by atoms with Crippen LogP contribution in [0.25, 0.3) is 22.3 Å². The molecule has 0 saturated carbocycles. The van der Waals surface area contributed by atoms with E-state index in [0.29, 0.717) is 0 Å². The van der Waals surface area contributed by atoms with Gasteiger partial charge in [-0.15, -0.1) is 0 Å². The first-order chi connectivity index (χ1) is 10.7. The second-order valence-electron chi connectivity index (χ2n) is 6.58. The summed E-state index contributed by atoms with van der Waals surface area (Å²) in [6.07, 6.45) is 4.82. The lowest BCUT2D eigenvalue weighted by Crippen LogP contribution is -2.10. The van der Waals surface area contributed by atoms with Gasteiger partial charge in [0.2, 0.25) is 0 Å². The van der Waals surface area contributed by atoms with Crippen LogP contribution in [0.3, 0.4) is 0 Å². The summed E-state index contributed by atoms with van der Waals surface area (Å²) in [6.45, 7) is 0.967. The van der Waals surface area contributed by atoms with Crippen LogP contribution in [0.4, 0.5) is 0 Å². The average Bonchev–Trinajstić information content (AvgIpc) is 3.09. The first-order valence-electron chi connectivity index (χ1n) is 8.03. The number of hydrogen-bond acceptors (Lipinski definition) is 2. The topological polar surface area (TPSA) is 47.7 Å². The summed E-state index contributed by atoms with van der Waals surface area (Å²) in [5.74, 6) is 0. The fourth-order valence-corrected chi connectivity index (χ4v) is 3.48. The van der Waals surface area contributed by atoms with Gasteiger partial charge in [0.1, 0.15) is 5.69 Å². The predicted octanol–water partition coefficient (Wildman–Crippen LogP) is 3.50. The monoisotopic (exact) mass is 294 g/mol. The molecular weight excluding hydrogens is 272 g/mol. The van der Waals surface area contributed by atoms with Gasteiger partial charge in [0.25, 0.3) is 0 Å². The van der Waals surface area contributed by atoms with Crippen molar-refractivity contribution in [2.45, 2.75) is 32.2 Å². The van der Waals surface area contributed by atoms with Gasteiger partial charge in [-0.1, -0.05) is 6.07 Å². The highest BCUT2D eigenvalue weighted by Crippen LogP contribution is 2.31. The van der Waals surface area contributed by atoms with E-state index in [4.69, 9.17) is 0 Å². The summed E-state index contributed by atoms with van der Waals surface area (Å²) >= 11 is 0. The second kappa shape index (κ2) is 5.29. The van der Waals surface area contributed by atoms with Gasteiger partial charge in [-0.2, -0.15) is 5.10 Å². The zero-order valence-corrected chi connectivity index (χ0v) is 13.2. The first kappa shape index (κ1) is 13.6. The molecule has 22 heavy (non-hydrogen) atoms. The zero-order valence-electron chi connectivity index (χ0n) is 13.2. The molecule has 2 aromatic heterocycles. The molecule has 0 fully saturated rings. The van der Waals surface area contributed by atoms with Crippen LogP contribution in [0, 0.1) is 0 Å². The number of aromatic nitrogens is 3. The van der Waals surface area contributed by atoms with Crippen molar-refractivity contribution in [2.75, 3.05) is 14.1 Å². The molecule has 0 saturated heterocycles. The van der Waals surface area contributed by atoms with E-state index < -0.39 is 0 Å². The minimum atomic E-state index is 0.967. The van der Waals surface area contributed by atoms with Gasteiger partial charge >= 0.3 is 0 Å². The van der Waals surface area contributed by atoms with E-state index in [1.54, 1.807) is 0 Å². The number of aromatic amines is 2. The van der Waals surface area contributed by atoms with Crippen molar-refractivity contribution in [1.82, 2.24) is 20.1 Å². The highest BCUT2D eigenvalue weighted by Gasteiger charge is 2.19. The fourth-order valence-electron chi connectivity index (χ4n) is 3.48. The number of nitrogens with zero attached hydrogens (tertiary/aromatic N) is 2. The molecular formula is C18H22N4. The Morgan fingerprint density at radius 1 is 1.14 bits per heavy atom.